The first-order valence-corrected chi connectivity index (χ1v) is 7.14. The molecule has 0 radical (unpaired) electrons. The van der Waals surface area contributed by atoms with E-state index in [0.717, 1.165) is 22.1 Å². The van der Waals surface area contributed by atoms with E-state index in [1.807, 2.05) is 36.4 Å². The molecule has 2 aromatic carbocycles. The zero-order valence-corrected chi connectivity index (χ0v) is 12.8. The van der Waals surface area contributed by atoms with Crippen LogP contribution in [-0.2, 0) is 11.2 Å². The fourth-order valence-electron chi connectivity index (χ4n) is 1.90. The Morgan fingerprint density at radius 1 is 1.20 bits per heavy atom. The number of carbonyl (C=O) groups excluding carboxylic acids is 1. The SMILES string of the molecule is COCCc1ccccc1NC(=O)c1cccc(Br)c1. The summed E-state index contributed by atoms with van der Waals surface area (Å²) in [5, 5.41) is 2.95. The van der Waals surface area contributed by atoms with Crippen molar-refractivity contribution in [2.24, 2.45) is 0 Å². The van der Waals surface area contributed by atoms with Gasteiger partial charge in [-0.15, -0.1) is 0 Å². The molecule has 4 heteroatoms. The maximum atomic E-state index is 12.2. The topological polar surface area (TPSA) is 38.3 Å². The third-order valence-corrected chi connectivity index (χ3v) is 3.42. The average Bonchev–Trinajstić information content (AvgIpc) is 2.46. The molecule has 0 spiro atoms. The Morgan fingerprint density at radius 3 is 2.75 bits per heavy atom. The molecule has 2 aromatic rings. The van der Waals surface area contributed by atoms with Crippen LogP contribution in [0.15, 0.2) is 53.0 Å². The summed E-state index contributed by atoms with van der Waals surface area (Å²) in [5.41, 5.74) is 2.52. The van der Waals surface area contributed by atoms with E-state index < -0.39 is 0 Å². The number of carbonyl (C=O) groups is 1. The zero-order valence-electron chi connectivity index (χ0n) is 11.2. The van der Waals surface area contributed by atoms with E-state index in [-0.39, 0.29) is 5.91 Å². The van der Waals surface area contributed by atoms with Gasteiger partial charge in [0.15, 0.2) is 0 Å². The maximum Gasteiger partial charge on any atom is 0.255 e. The summed E-state index contributed by atoms with van der Waals surface area (Å²) in [4.78, 5) is 12.2. The maximum absolute atomic E-state index is 12.2. The molecule has 1 N–H and O–H groups in total. The zero-order chi connectivity index (χ0) is 14.4. The lowest BCUT2D eigenvalue weighted by atomic mass is 10.1. The molecule has 0 aliphatic rings. The molecule has 0 fully saturated rings. The quantitative estimate of drug-likeness (QED) is 0.901. The second kappa shape index (κ2) is 7.22. The van der Waals surface area contributed by atoms with Gasteiger partial charge in [-0.1, -0.05) is 40.2 Å². The molecular formula is C16H16BrNO2. The van der Waals surface area contributed by atoms with E-state index >= 15 is 0 Å². The first-order valence-electron chi connectivity index (χ1n) is 6.34. The van der Waals surface area contributed by atoms with Gasteiger partial charge in [0, 0.05) is 22.8 Å². The number of nitrogens with one attached hydrogen (secondary N) is 1. The molecule has 0 saturated carbocycles. The number of benzene rings is 2. The second-order valence-electron chi connectivity index (χ2n) is 4.36. The second-order valence-corrected chi connectivity index (χ2v) is 5.28. The lowest BCUT2D eigenvalue weighted by Crippen LogP contribution is -2.13. The highest BCUT2D eigenvalue weighted by Crippen LogP contribution is 2.18. The summed E-state index contributed by atoms with van der Waals surface area (Å²) in [5.74, 6) is -0.115. The molecule has 2 rings (SSSR count). The lowest BCUT2D eigenvalue weighted by Gasteiger charge is -2.11. The number of amides is 1. The van der Waals surface area contributed by atoms with Crippen molar-refractivity contribution >= 4 is 27.5 Å². The molecule has 0 unspecified atom stereocenters. The van der Waals surface area contributed by atoms with Crippen molar-refractivity contribution < 1.29 is 9.53 Å². The predicted octanol–water partition coefficient (Wildman–Crippen LogP) is 3.89. The third kappa shape index (κ3) is 3.92. The highest BCUT2D eigenvalue weighted by Gasteiger charge is 2.09. The van der Waals surface area contributed by atoms with Gasteiger partial charge in [0.2, 0.25) is 0 Å². The van der Waals surface area contributed by atoms with Crippen molar-refractivity contribution in [3.05, 3.63) is 64.1 Å². The largest absolute Gasteiger partial charge is 0.384 e. The summed E-state index contributed by atoms with van der Waals surface area (Å²) in [6.07, 6.45) is 0.769. The van der Waals surface area contributed by atoms with E-state index in [2.05, 4.69) is 21.2 Å². The molecule has 0 heterocycles. The van der Waals surface area contributed by atoms with Crippen LogP contribution < -0.4 is 5.32 Å². The normalized spacial score (nSPS) is 10.3. The van der Waals surface area contributed by atoms with E-state index in [1.165, 1.54) is 0 Å². The Hall–Kier alpha value is -1.65. The molecule has 104 valence electrons. The van der Waals surface area contributed by atoms with E-state index in [1.54, 1.807) is 19.2 Å². The molecule has 0 aromatic heterocycles. The Labute approximate surface area is 127 Å². The highest BCUT2D eigenvalue weighted by molar-refractivity contribution is 9.10. The molecule has 0 atom stereocenters. The van der Waals surface area contributed by atoms with Gasteiger partial charge in [0.05, 0.1) is 6.61 Å². The summed E-state index contributed by atoms with van der Waals surface area (Å²) >= 11 is 3.37. The van der Waals surface area contributed by atoms with Crippen molar-refractivity contribution in [3.8, 4) is 0 Å². The molecule has 0 aliphatic carbocycles. The number of methoxy groups -OCH3 is 1. The van der Waals surface area contributed by atoms with Gasteiger partial charge in [0.1, 0.15) is 0 Å². The summed E-state index contributed by atoms with van der Waals surface area (Å²) in [7, 11) is 1.67. The van der Waals surface area contributed by atoms with Crippen molar-refractivity contribution in [3.63, 3.8) is 0 Å². The highest BCUT2D eigenvalue weighted by atomic mass is 79.9. The lowest BCUT2D eigenvalue weighted by molar-refractivity contribution is 0.102. The van der Waals surface area contributed by atoms with Crippen LogP contribution in [0.2, 0.25) is 0 Å². The van der Waals surface area contributed by atoms with E-state index in [9.17, 15) is 4.79 Å². The molecule has 0 bridgehead atoms. The van der Waals surface area contributed by atoms with Gasteiger partial charge in [-0.05, 0) is 36.2 Å². The number of para-hydroxylation sites is 1. The summed E-state index contributed by atoms with van der Waals surface area (Å²) in [6.45, 7) is 0.629. The molecular weight excluding hydrogens is 318 g/mol. The average molecular weight is 334 g/mol. The van der Waals surface area contributed by atoms with Gasteiger partial charge in [-0.25, -0.2) is 0 Å². The Morgan fingerprint density at radius 2 is 2.00 bits per heavy atom. The first-order chi connectivity index (χ1) is 9.70. The summed E-state index contributed by atoms with van der Waals surface area (Å²) < 4.78 is 5.97. The minimum atomic E-state index is -0.115. The van der Waals surface area contributed by atoms with E-state index in [4.69, 9.17) is 4.74 Å². The van der Waals surface area contributed by atoms with Crippen LogP contribution in [0.1, 0.15) is 15.9 Å². The van der Waals surface area contributed by atoms with Gasteiger partial charge in [-0.3, -0.25) is 4.79 Å². The third-order valence-electron chi connectivity index (χ3n) is 2.93. The molecule has 3 nitrogen and oxygen atoms in total. The summed E-state index contributed by atoms with van der Waals surface area (Å²) in [6, 6.07) is 15.1. The van der Waals surface area contributed by atoms with E-state index in [0.29, 0.717) is 12.2 Å². The van der Waals surface area contributed by atoms with Gasteiger partial charge >= 0.3 is 0 Å². The van der Waals surface area contributed by atoms with Crippen LogP contribution in [0, 0.1) is 0 Å². The molecule has 1 amide bonds. The number of hydrogen-bond acceptors (Lipinski definition) is 2. The predicted molar refractivity (Wildman–Crippen MR) is 84.1 cm³/mol. The van der Waals surface area contributed by atoms with Crippen molar-refractivity contribution in [2.75, 3.05) is 19.0 Å². The van der Waals surface area contributed by atoms with Crippen LogP contribution in [-0.4, -0.2) is 19.6 Å². The molecule has 20 heavy (non-hydrogen) atoms. The Balaban J connectivity index is 2.15. The van der Waals surface area contributed by atoms with Crippen LogP contribution in [0.4, 0.5) is 5.69 Å². The fourth-order valence-corrected chi connectivity index (χ4v) is 2.30. The number of hydrogen-bond donors (Lipinski definition) is 1. The standard InChI is InChI=1S/C16H16BrNO2/c1-20-10-9-12-5-2-3-8-15(12)18-16(19)13-6-4-7-14(17)11-13/h2-8,11H,9-10H2,1H3,(H,18,19). The van der Waals surface area contributed by atoms with Gasteiger partial charge < -0.3 is 10.1 Å². The van der Waals surface area contributed by atoms with Crippen molar-refractivity contribution in [1.29, 1.82) is 0 Å². The number of ether oxygens (including phenoxy) is 1. The van der Waals surface area contributed by atoms with Crippen LogP contribution in [0.25, 0.3) is 0 Å². The first kappa shape index (κ1) is 14.8. The van der Waals surface area contributed by atoms with Crippen molar-refractivity contribution in [1.82, 2.24) is 0 Å². The fraction of sp³-hybridized carbons (Fsp3) is 0.188. The smallest absolute Gasteiger partial charge is 0.255 e. The van der Waals surface area contributed by atoms with Gasteiger partial charge in [-0.2, -0.15) is 0 Å². The van der Waals surface area contributed by atoms with Crippen LogP contribution in [0.3, 0.4) is 0 Å². The minimum Gasteiger partial charge on any atom is -0.384 e. The van der Waals surface area contributed by atoms with Crippen molar-refractivity contribution in [2.45, 2.75) is 6.42 Å². The minimum absolute atomic E-state index is 0.115. The number of rotatable bonds is 5. The molecule has 0 saturated heterocycles. The Bertz CT molecular complexity index is 599. The monoisotopic (exact) mass is 333 g/mol. The van der Waals surface area contributed by atoms with Crippen LogP contribution in [0.5, 0.6) is 0 Å². The van der Waals surface area contributed by atoms with Crippen LogP contribution >= 0.6 is 15.9 Å². The Kier molecular flexibility index (Phi) is 5.32. The molecule has 0 aliphatic heterocycles. The van der Waals surface area contributed by atoms with Gasteiger partial charge in [0.25, 0.3) is 5.91 Å². The number of anilines is 1. The number of halogens is 1.